The van der Waals surface area contributed by atoms with Gasteiger partial charge in [0.2, 0.25) is 0 Å². The van der Waals surface area contributed by atoms with Gasteiger partial charge in [-0.3, -0.25) is 0 Å². The number of benzene rings is 7. The molecule has 0 aliphatic carbocycles. The van der Waals surface area contributed by atoms with E-state index >= 15 is 0 Å². The first-order valence-electron chi connectivity index (χ1n) is 16.2. The Bertz CT molecular complexity index is 2830. The Hall–Kier alpha value is -7.39. The van der Waals surface area contributed by atoms with Crippen molar-refractivity contribution in [3.05, 3.63) is 174 Å². The molecule has 0 radical (unpaired) electrons. The lowest BCUT2D eigenvalue weighted by Crippen LogP contribution is -1.98. The third kappa shape index (κ3) is 4.45. The van der Waals surface area contributed by atoms with Crippen molar-refractivity contribution in [2.45, 2.75) is 0 Å². The summed E-state index contributed by atoms with van der Waals surface area (Å²) in [5, 5.41) is 23.7. The third-order valence-electron chi connectivity index (χ3n) is 9.59. The molecule has 7 aromatic carbocycles. The molecule has 0 N–H and O–H groups in total. The van der Waals surface area contributed by atoms with E-state index in [0.29, 0.717) is 16.8 Å². The molecule has 0 saturated heterocycles. The molecule has 0 unspecified atom stereocenters. The van der Waals surface area contributed by atoms with Crippen molar-refractivity contribution in [1.29, 1.82) is 10.5 Å². The van der Waals surface area contributed by atoms with Gasteiger partial charge in [0.1, 0.15) is 0 Å². The fourth-order valence-corrected chi connectivity index (χ4v) is 7.31. The molecule has 2 aromatic heterocycles. The largest absolute Gasteiger partial charge is 0.309 e. The first-order valence-corrected chi connectivity index (χ1v) is 16.2. The monoisotopic (exact) mass is 635 g/mol. The van der Waals surface area contributed by atoms with Crippen LogP contribution in [0.2, 0.25) is 0 Å². The number of fused-ring (bicyclic) bond motifs is 6. The smallest absolute Gasteiger partial charge is 0.188 e. The lowest BCUT2D eigenvalue weighted by Gasteiger charge is -2.15. The molecule has 0 atom stereocenters. The van der Waals surface area contributed by atoms with Gasteiger partial charge in [0.15, 0.2) is 5.69 Å². The van der Waals surface area contributed by atoms with Crippen LogP contribution in [0.25, 0.3) is 82.1 Å². The predicted molar refractivity (Wildman–Crippen MR) is 202 cm³/mol. The molecule has 0 saturated carbocycles. The van der Waals surface area contributed by atoms with Crippen molar-refractivity contribution in [2.24, 2.45) is 0 Å². The van der Waals surface area contributed by atoms with Crippen LogP contribution in [0, 0.1) is 29.2 Å². The molecule has 0 spiro atoms. The van der Waals surface area contributed by atoms with Crippen LogP contribution in [-0.4, -0.2) is 9.13 Å². The highest BCUT2D eigenvalue weighted by molar-refractivity contribution is 6.11. The second-order valence-corrected chi connectivity index (χ2v) is 12.3. The van der Waals surface area contributed by atoms with Gasteiger partial charge in [-0.05, 0) is 94.9 Å². The van der Waals surface area contributed by atoms with Gasteiger partial charge in [0.25, 0.3) is 0 Å². The van der Waals surface area contributed by atoms with Crippen molar-refractivity contribution in [1.82, 2.24) is 9.13 Å². The Morgan fingerprint density at radius 1 is 0.460 bits per heavy atom. The maximum Gasteiger partial charge on any atom is 0.188 e. The van der Waals surface area contributed by atoms with Gasteiger partial charge in [0, 0.05) is 27.4 Å². The second kappa shape index (κ2) is 11.4. The second-order valence-electron chi connectivity index (χ2n) is 12.3. The summed E-state index contributed by atoms with van der Waals surface area (Å²) in [6, 6.07) is 55.8. The molecule has 0 fully saturated rings. The minimum absolute atomic E-state index is 0.564. The Kier molecular flexibility index (Phi) is 6.56. The Morgan fingerprint density at radius 2 is 1.06 bits per heavy atom. The van der Waals surface area contributed by atoms with E-state index in [-0.39, 0.29) is 0 Å². The number of hydrogen-bond acceptors (Lipinski definition) is 2. The van der Waals surface area contributed by atoms with E-state index in [9.17, 15) is 10.5 Å². The molecule has 0 bridgehead atoms. The van der Waals surface area contributed by atoms with E-state index in [1.54, 1.807) is 0 Å². The van der Waals surface area contributed by atoms with Crippen LogP contribution in [0.4, 0.5) is 5.69 Å². The summed E-state index contributed by atoms with van der Waals surface area (Å²) >= 11 is 0. The number of nitriles is 2. The summed E-state index contributed by atoms with van der Waals surface area (Å²) in [5.74, 6) is 0. The zero-order valence-electron chi connectivity index (χ0n) is 26.7. The number of hydrogen-bond donors (Lipinski definition) is 0. The molecule has 9 rings (SSSR count). The Labute approximate surface area is 288 Å². The molecule has 5 heteroatoms. The summed E-state index contributed by atoms with van der Waals surface area (Å²) in [4.78, 5) is 3.65. The molecule has 230 valence electrons. The number of para-hydroxylation sites is 2. The maximum absolute atomic E-state index is 9.87. The Balaban J connectivity index is 1.16. The summed E-state index contributed by atoms with van der Waals surface area (Å²) in [5.41, 5.74) is 12.1. The highest BCUT2D eigenvalue weighted by Crippen LogP contribution is 2.39. The van der Waals surface area contributed by atoms with E-state index in [2.05, 4.69) is 129 Å². The van der Waals surface area contributed by atoms with Crippen molar-refractivity contribution < 1.29 is 0 Å². The first-order chi connectivity index (χ1) is 24.6. The van der Waals surface area contributed by atoms with Crippen LogP contribution in [0.1, 0.15) is 11.1 Å². The Morgan fingerprint density at radius 3 is 1.76 bits per heavy atom. The van der Waals surface area contributed by atoms with Crippen molar-refractivity contribution >= 4 is 49.3 Å². The van der Waals surface area contributed by atoms with Crippen molar-refractivity contribution in [3.8, 4) is 45.8 Å². The molecule has 0 amide bonds. The van der Waals surface area contributed by atoms with E-state index in [1.165, 1.54) is 10.8 Å². The standard InChI is InChI=1S/C45H25N5/c1-48-34-19-22-45-40(26-34)39-24-30(28-47)14-21-44(39)49(45)35-8-6-7-33(25-35)31-15-17-32(18-16-31)38-23-29(27-46)13-20-43(38)50-41-11-4-2-9-36(41)37-10-3-5-12-42(37)50/h2-26H. The number of nitrogens with zero attached hydrogens (tertiary/aromatic N) is 5. The average Bonchev–Trinajstić information content (AvgIpc) is 3.69. The van der Waals surface area contributed by atoms with E-state index < -0.39 is 0 Å². The fourth-order valence-electron chi connectivity index (χ4n) is 7.31. The van der Waals surface area contributed by atoms with Gasteiger partial charge < -0.3 is 9.13 Å². The van der Waals surface area contributed by atoms with Gasteiger partial charge >= 0.3 is 0 Å². The first kappa shape index (κ1) is 28.8. The van der Waals surface area contributed by atoms with Gasteiger partial charge in [-0.25, -0.2) is 4.85 Å². The highest BCUT2D eigenvalue weighted by atomic mass is 15.0. The lowest BCUT2D eigenvalue weighted by molar-refractivity contribution is 1.18. The van der Waals surface area contributed by atoms with Crippen LogP contribution < -0.4 is 0 Å². The molecule has 0 aliphatic rings. The quantitative estimate of drug-likeness (QED) is 0.181. The van der Waals surface area contributed by atoms with E-state index in [1.807, 2.05) is 48.5 Å². The molecule has 5 nitrogen and oxygen atoms in total. The normalized spacial score (nSPS) is 11.1. The predicted octanol–water partition coefficient (Wildman–Crippen LogP) is 11.5. The van der Waals surface area contributed by atoms with Crippen LogP contribution in [0.15, 0.2) is 152 Å². The van der Waals surface area contributed by atoms with Crippen LogP contribution in [-0.2, 0) is 0 Å². The van der Waals surface area contributed by atoms with Crippen molar-refractivity contribution in [3.63, 3.8) is 0 Å². The third-order valence-corrected chi connectivity index (χ3v) is 9.59. The summed E-state index contributed by atoms with van der Waals surface area (Å²) < 4.78 is 4.49. The van der Waals surface area contributed by atoms with Gasteiger partial charge in [0.05, 0.1) is 57.6 Å². The van der Waals surface area contributed by atoms with Crippen LogP contribution in [0.5, 0.6) is 0 Å². The van der Waals surface area contributed by atoms with E-state index in [0.717, 1.165) is 66.5 Å². The zero-order valence-corrected chi connectivity index (χ0v) is 26.7. The lowest BCUT2D eigenvalue weighted by atomic mass is 9.97. The molecular formula is C45H25N5. The zero-order chi connectivity index (χ0) is 33.8. The summed E-state index contributed by atoms with van der Waals surface area (Å²) in [6.07, 6.45) is 0. The molecular weight excluding hydrogens is 611 g/mol. The maximum atomic E-state index is 9.87. The molecule has 50 heavy (non-hydrogen) atoms. The average molecular weight is 636 g/mol. The molecule has 0 aliphatic heterocycles. The summed E-state index contributed by atoms with van der Waals surface area (Å²) in [7, 11) is 0. The number of aromatic nitrogens is 2. The molecule has 2 heterocycles. The van der Waals surface area contributed by atoms with Crippen molar-refractivity contribution in [2.75, 3.05) is 0 Å². The summed E-state index contributed by atoms with van der Waals surface area (Å²) in [6.45, 7) is 7.55. The van der Waals surface area contributed by atoms with E-state index in [4.69, 9.17) is 6.57 Å². The minimum atomic E-state index is 0.564. The van der Waals surface area contributed by atoms with Gasteiger partial charge in [-0.15, -0.1) is 0 Å². The topological polar surface area (TPSA) is 61.8 Å². The fraction of sp³-hybridized carbons (Fsp3) is 0. The minimum Gasteiger partial charge on any atom is -0.309 e. The highest BCUT2D eigenvalue weighted by Gasteiger charge is 2.17. The van der Waals surface area contributed by atoms with Gasteiger partial charge in [-0.1, -0.05) is 78.9 Å². The number of rotatable bonds is 4. The van der Waals surface area contributed by atoms with Crippen LogP contribution in [0.3, 0.4) is 0 Å². The SMILES string of the molecule is [C-]#[N+]c1ccc2c(c1)c1cc(C#N)ccc1n2-c1cccc(-c2ccc(-c3cc(C#N)ccc3-n3c4ccccc4c4ccccc43)cc2)c1. The molecule has 9 aromatic rings. The van der Waals surface area contributed by atoms with Crippen LogP contribution >= 0.6 is 0 Å². The van der Waals surface area contributed by atoms with Gasteiger partial charge in [-0.2, -0.15) is 10.5 Å².